The molecule has 1 nitrogen and oxygen atoms in total. The van der Waals surface area contributed by atoms with Gasteiger partial charge in [0.25, 0.3) is 0 Å². The Kier molecular flexibility index (Phi) is 5.02. The van der Waals surface area contributed by atoms with Crippen LogP contribution in [0.4, 0.5) is 4.39 Å². The standard InChI is InChI=1S/C16H23BrFN/c1-10-7-8-12(9-11(10)2)16(19-3)13-5-4-6-14(17)15(13)18/h4-6,10-12,16,19H,7-9H2,1-3H3. The number of halogens is 2. The third kappa shape index (κ3) is 3.19. The molecule has 1 saturated carbocycles. The summed E-state index contributed by atoms with van der Waals surface area (Å²) in [6, 6.07) is 5.70. The number of nitrogens with one attached hydrogen (secondary N) is 1. The average Bonchev–Trinajstić information content (AvgIpc) is 2.39. The molecule has 0 bridgehead atoms. The molecule has 1 aliphatic rings. The van der Waals surface area contributed by atoms with Gasteiger partial charge >= 0.3 is 0 Å². The lowest BCUT2D eigenvalue weighted by Gasteiger charge is -2.37. The summed E-state index contributed by atoms with van der Waals surface area (Å²) in [6.45, 7) is 4.65. The van der Waals surface area contributed by atoms with Crippen LogP contribution < -0.4 is 5.32 Å². The maximum atomic E-state index is 14.3. The van der Waals surface area contributed by atoms with E-state index in [9.17, 15) is 4.39 Å². The first-order valence-corrected chi connectivity index (χ1v) is 7.95. The number of benzene rings is 1. The molecule has 0 heterocycles. The van der Waals surface area contributed by atoms with Gasteiger partial charge in [-0.1, -0.05) is 32.4 Å². The number of hydrogen-bond donors (Lipinski definition) is 1. The molecule has 0 spiro atoms. The summed E-state index contributed by atoms with van der Waals surface area (Å²) in [5.74, 6) is 1.93. The fraction of sp³-hybridized carbons (Fsp3) is 0.625. The van der Waals surface area contributed by atoms with Crippen molar-refractivity contribution < 1.29 is 4.39 Å². The highest BCUT2D eigenvalue weighted by Crippen LogP contribution is 2.40. The second-order valence-corrected chi connectivity index (χ2v) is 6.79. The van der Waals surface area contributed by atoms with E-state index in [-0.39, 0.29) is 11.9 Å². The van der Waals surface area contributed by atoms with Gasteiger partial charge in [-0.05, 0) is 59.6 Å². The Morgan fingerprint density at radius 3 is 2.63 bits per heavy atom. The molecule has 0 amide bonds. The molecule has 1 aliphatic carbocycles. The van der Waals surface area contributed by atoms with Crippen LogP contribution in [0.25, 0.3) is 0 Å². The fourth-order valence-electron chi connectivity index (χ4n) is 3.30. The van der Waals surface area contributed by atoms with Crippen LogP contribution in [-0.2, 0) is 0 Å². The lowest BCUT2D eigenvalue weighted by Crippen LogP contribution is -2.32. The van der Waals surface area contributed by atoms with E-state index in [0.717, 1.165) is 17.4 Å². The maximum Gasteiger partial charge on any atom is 0.142 e. The SMILES string of the molecule is CNC(c1cccc(Br)c1F)C1CCC(C)C(C)C1. The highest BCUT2D eigenvalue weighted by molar-refractivity contribution is 9.10. The van der Waals surface area contributed by atoms with Crippen LogP contribution in [0.3, 0.4) is 0 Å². The summed E-state index contributed by atoms with van der Waals surface area (Å²) in [4.78, 5) is 0. The van der Waals surface area contributed by atoms with Gasteiger partial charge in [-0.15, -0.1) is 0 Å². The minimum absolute atomic E-state index is 0.117. The van der Waals surface area contributed by atoms with Crippen LogP contribution in [-0.4, -0.2) is 7.05 Å². The lowest BCUT2D eigenvalue weighted by atomic mass is 9.72. The molecule has 2 rings (SSSR count). The van der Waals surface area contributed by atoms with Crippen LogP contribution in [0, 0.1) is 23.6 Å². The number of rotatable bonds is 3. The molecular weight excluding hydrogens is 305 g/mol. The van der Waals surface area contributed by atoms with Crippen molar-refractivity contribution in [3.8, 4) is 0 Å². The van der Waals surface area contributed by atoms with Gasteiger partial charge < -0.3 is 5.32 Å². The zero-order valence-electron chi connectivity index (χ0n) is 11.9. The van der Waals surface area contributed by atoms with E-state index in [1.165, 1.54) is 19.3 Å². The van der Waals surface area contributed by atoms with Crippen molar-refractivity contribution in [2.75, 3.05) is 7.05 Å². The Morgan fingerprint density at radius 2 is 2.00 bits per heavy atom. The lowest BCUT2D eigenvalue weighted by molar-refractivity contribution is 0.173. The minimum Gasteiger partial charge on any atom is -0.313 e. The van der Waals surface area contributed by atoms with Gasteiger partial charge in [-0.25, -0.2) is 4.39 Å². The third-order valence-electron chi connectivity index (χ3n) is 4.74. The highest BCUT2D eigenvalue weighted by atomic mass is 79.9. The molecule has 0 aliphatic heterocycles. The summed E-state index contributed by atoms with van der Waals surface area (Å²) in [5.41, 5.74) is 0.795. The minimum atomic E-state index is -0.117. The average molecular weight is 328 g/mol. The Bertz CT molecular complexity index is 435. The molecule has 1 N–H and O–H groups in total. The predicted molar refractivity (Wildman–Crippen MR) is 81.6 cm³/mol. The van der Waals surface area contributed by atoms with E-state index in [1.807, 2.05) is 19.2 Å². The van der Waals surface area contributed by atoms with Crippen molar-refractivity contribution in [3.05, 3.63) is 34.1 Å². The molecule has 1 fully saturated rings. The zero-order chi connectivity index (χ0) is 14.0. The Labute approximate surface area is 124 Å². The predicted octanol–water partition coefficient (Wildman–Crippen LogP) is 4.92. The zero-order valence-corrected chi connectivity index (χ0v) is 13.5. The Balaban J connectivity index is 2.22. The van der Waals surface area contributed by atoms with Gasteiger partial charge in [0.2, 0.25) is 0 Å². The highest BCUT2D eigenvalue weighted by Gasteiger charge is 2.31. The molecule has 0 aromatic heterocycles. The third-order valence-corrected chi connectivity index (χ3v) is 5.35. The van der Waals surface area contributed by atoms with Crippen molar-refractivity contribution in [1.82, 2.24) is 5.32 Å². The van der Waals surface area contributed by atoms with Crippen LogP contribution in [0.5, 0.6) is 0 Å². The van der Waals surface area contributed by atoms with Crippen LogP contribution in [0.15, 0.2) is 22.7 Å². The first kappa shape index (κ1) is 15.0. The van der Waals surface area contributed by atoms with E-state index < -0.39 is 0 Å². The van der Waals surface area contributed by atoms with Crippen molar-refractivity contribution in [2.45, 2.75) is 39.2 Å². The van der Waals surface area contributed by atoms with E-state index in [1.54, 1.807) is 6.07 Å². The molecule has 0 radical (unpaired) electrons. The van der Waals surface area contributed by atoms with Crippen LogP contribution in [0.2, 0.25) is 0 Å². The van der Waals surface area contributed by atoms with Gasteiger partial charge in [0, 0.05) is 11.6 Å². The maximum absolute atomic E-state index is 14.3. The molecule has 3 heteroatoms. The normalized spacial score (nSPS) is 29.2. The monoisotopic (exact) mass is 327 g/mol. The summed E-state index contributed by atoms with van der Waals surface area (Å²) < 4.78 is 14.8. The summed E-state index contributed by atoms with van der Waals surface area (Å²) >= 11 is 3.29. The van der Waals surface area contributed by atoms with E-state index in [2.05, 4.69) is 35.1 Å². The molecule has 4 atom stereocenters. The van der Waals surface area contributed by atoms with E-state index in [4.69, 9.17) is 0 Å². The Hall–Kier alpha value is -0.410. The molecule has 1 aromatic carbocycles. The van der Waals surface area contributed by atoms with Gasteiger partial charge in [-0.3, -0.25) is 0 Å². The van der Waals surface area contributed by atoms with Crippen molar-refractivity contribution >= 4 is 15.9 Å². The van der Waals surface area contributed by atoms with Crippen molar-refractivity contribution in [2.24, 2.45) is 17.8 Å². The smallest absolute Gasteiger partial charge is 0.142 e. The molecule has 106 valence electrons. The van der Waals surface area contributed by atoms with Crippen molar-refractivity contribution in [1.29, 1.82) is 0 Å². The molecule has 0 saturated heterocycles. The second-order valence-electron chi connectivity index (χ2n) is 5.94. The number of hydrogen-bond acceptors (Lipinski definition) is 1. The quantitative estimate of drug-likeness (QED) is 0.830. The van der Waals surface area contributed by atoms with Crippen molar-refractivity contribution in [3.63, 3.8) is 0 Å². The summed E-state index contributed by atoms with van der Waals surface area (Å²) in [7, 11) is 1.94. The van der Waals surface area contributed by atoms with E-state index >= 15 is 0 Å². The van der Waals surface area contributed by atoms with E-state index in [0.29, 0.717) is 10.4 Å². The molecule has 19 heavy (non-hydrogen) atoms. The molecule has 4 unspecified atom stereocenters. The Morgan fingerprint density at radius 1 is 1.26 bits per heavy atom. The van der Waals surface area contributed by atoms with Crippen LogP contribution in [0.1, 0.15) is 44.7 Å². The molecule has 1 aromatic rings. The summed E-state index contributed by atoms with van der Waals surface area (Å²) in [6.07, 6.45) is 3.61. The van der Waals surface area contributed by atoms with Crippen LogP contribution >= 0.6 is 15.9 Å². The second kappa shape index (κ2) is 6.36. The van der Waals surface area contributed by atoms with Gasteiger partial charge in [0.1, 0.15) is 5.82 Å². The summed E-state index contributed by atoms with van der Waals surface area (Å²) in [5, 5.41) is 3.33. The fourth-order valence-corrected chi connectivity index (χ4v) is 3.68. The first-order chi connectivity index (χ1) is 9.04. The molecular formula is C16H23BrFN. The van der Waals surface area contributed by atoms with Gasteiger partial charge in [0.15, 0.2) is 0 Å². The van der Waals surface area contributed by atoms with Gasteiger partial charge in [-0.2, -0.15) is 0 Å². The van der Waals surface area contributed by atoms with Gasteiger partial charge in [0.05, 0.1) is 4.47 Å². The topological polar surface area (TPSA) is 12.0 Å². The largest absolute Gasteiger partial charge is 0.313 e. The first-order valence-electron chi connectivity index (χ1n) is 7.15.